The van der Waals surface area contributed by atoms with Crippen molar-refractivity contribution in [1.82, 2.24) is 0 Å². The van der Waals surface area contributed by atoms with Gasteiger partial charge in [0.05, 0.1) is 19.3 Å². The Morgan fingerprint density at radius 3 is 2.68 bits per heavy atom. The topological polar surface area (TPSA) is 57.2 Å². The first-order valence-corrected chi connectivity index (χ1v) is 6.39. The fraction of sp³-hybridized carbons (Fsp3) is 0.571. The number of ether oxygens (including phenoxy) is 4. The predicted octanol–water partition coefficient (Wildman–Crippen LogP) is 1.54. The molecule has 2 atom stereocenters. The third kappa shape index (κ3) is 3.83. The van der Waals surface area contributed by atoms with Crippen LogP contribution >= 0.6 is 0 Å². The van der Waals surface area contributed by atoms with Gasteiger partial charge in [-0.1, -0.05) is 6.07 Å². The smallest absolute Gasteiger partial charge is 0.161 e. The van der Waals surface area contributed by atoms with Crippen molar-refractivity contribution < 1.29 is 24.1 Å². The van der Waals surface area contributed by atoms with Gasteiger partial charge in [-0.25, -0.2) is 0 Å². The van der Waals surface area contributed by atoms with E-state index in [0.29, 0.717) is 25.6 Å². The second-order valence-electron chi connectivity index (χ2n) is 4.52. The summed E-state index contributed by atoms with van der Waals surface area (Å²) < 4.78 is 21.4. The minimum atomic E-state index is -0.685. The van der Waals surface area contributed by atoms with E-state index in [1.54, 1.807) is 13.2 Å². The maximum Gasteiger partial charge on any atom is 0.161 e. The summed E-state index contributed by atoms with van der Waals surface area (Å²) in [5.41, 5.74) is 0.758. The second-order valence-corrected chi connectivity index (χ2v) is 4.52. The van der Waals surface area contributed by atoms with Crippen LogP contribution in [0.25, 0.3) is 0 Å². The van der Waals surface area contributed by atoms with Crippen LogP contribution < -0.4 is 9.47 Å². The lowest BCUT2D eigenvalue weighted by Crippen LogP contribution is -2.19. The second kappa shape index (κ2) is 6.75. The molecule has 1 heterocycles. The van der Waals surface area contributed by atoms with Gasteiger partial charge in [0.2, 0.25) is 0 Å². The van der Waals surface area contributed by atoms with Gasteiger partial charge in [0.1, 0.15) is 19.3 Å². The molecule has 1 N–H and O–H groups in total. The van der Waals surface area contributed by atoms with Gasteiger partial charge in [-0.3, -0.25) is 0 Å². The summed E-state index contributed by atoms with van der Waals surface area (Å²) >= 11 is 0. The molecule has 0 radical (unpaired) electrons. The summed E-state index contributed by atoms with van der Waals surface area (Å²) in [5, 5.41) is 10.1. The van der Waals surface area contributed by atoms with Gasteiger partial charge in [-0.2, -0.15) is 0 Å². The van der Waals surface area contributed by atoms with Gasteiger partial charge >= 0.3 is 0 Å². The van der Waals surface area contributed by atoms with Crippen LogP contribution in [0.1, 0.15) is 18.6 Å². The summed E-state index contributed by atoms with van der Waals surface area (Å²) in [4.78, 5) is 0. The molecule has 1 aromatic rings. The van der Waals surface area contributed by atoms with Gasteiger partial charge in [-0.05, 0) is 24.6 Å². The molecule has 0 saturated heterocycles. The van der Waals surface area contributed by atoms with Crippen molar-refractivity contribution in [3.05, 3.63) is 23.8 Å². The Balaban J connectivity index is 1.93. The van der Waals surface area contributed by atoms with Crippen LogP contribution in [-0.2, 0) is 9.47 Å². The van der Waals surface area contributed by atoms with E-state index in [2.05, 4.69) is 0 Å². The molecule has 0 saturated carbocycles. The van der Waals surface area contributed by atoms with Crippen LogP contribution in [0.5, 0.6) is 11.5 Å². The van der Waals surface area contributed by atoms with E-state index in [0.717, 1.165) is 11.3 Å². The van der Waals surface area contributed by atoms with Crippen molar-refractivity contribution in [3.8, 4) is 11.5 Å². The van der Waals surface area contributed by atoms with Gasteiger partial charge < -0.3 is 24.1 Å². The number of hydrogen-bond donors (Lipinski definition) is 1. The zero-order valence-electron chi connectivity index (χ0n) is 11.3. The van der Waals surface area contributed by atoms with E-state index in [1.165, 1.54) is 0 Å². The predicted molar refractivity (Wildman–Crippen MR) is 69.7 cm³/mol. The Morgan fingerprint density at radius 2 is 1.95 bits per heavy atom. The van der Waals surface area contributed by atoms with Crippen molar-refractivity contribution in [3.63, 3.8) is 0 Å². The van der Waals surface area contributed by atoms with Crippen molar-refractivity contribution in [2.45, 2.75) is 19.1 Å². The van der Waals surface area contributed by atoms with E-state index < -0.39 is 6.10 Å². The number of hydrogen-bond acceptors (Lipinski definition) is 5. The lowest BCUT2D eigenvalue weighted by molar-refractivity contribution is -0.0326. The Hall–Kier alpha value is -1.30. The molecule has 0 aliphatic carbocycles. The molecule has 5 heteroatoms. The lowest BCUT2D eigenvalue weighted by atomic mass is 10.1. The largest absolute Gasteiger partial charge is 0.486 e. The van der Waals surface area contributed by atoms with Crippen LogP contribution in [0.3, 0.4) is 0 Å². The molecule has 0 aromatic heterocycles. The Morgan fingerprint density at radius 1 is 1.21 bits per heavy atom. The van der Waals surface area contributed by atoms with Gasteiger partial charge in [-0.15, -0.1) is 0 Å². The first-order valence-electron chi connectivity index (χ1n) is 6.39. The molecule has 2 unspecified atom stereocenters. The van der Waals surface area contributed by atoms with Crippen LogP contribution in [0.2, 0.25) is 0 Å². The zero-order chi connectivity index (χ0) is 13.7. The number of methoxy groups -OCH3 is 1. The van der Waals surface area contributed by atoms with Gasteiger partial charge in [0.25, 0.3) is 0 Å². The first kappa shape index (κ1) is 14.1. The highest BCUT2D eigenvalue weighted by atomic mass is 16.6. The maximum absolute atomic E-state index is 10.1. The summed E-state index contributed by atoms with van der Waals surface area (Å²) in [6.07, 6.45) is -0.730. The third-order valence-corrected chi connectivity index (χ3v) is 2.89. The van der Waals surface area contributed by atoms with Crippen molar-refractivity contribution >= 4 is 0 Å². The first-order chi connectivity index (χ1) is 9.20. The number of fused-ring (bicyclic) bond motifs is 1. The maximum atomic E-state index is 10.1. The molecule has 19 heavy (non-hydrogen) atoms. The van der Waals surface area contributed by atoms with Crippen LogP contribution in [0, 0.1) is 0 Å². The van der Waals surface area contributed by atoms with E-state index >= 15 is 0 Å². The van der Waals surface area contributed by atoms with Crippen LogP contribution in [-0.4, -0.2) is 44.7 Å². The molecule has 5 nitrogen and oxygen atoms in total. The lowest BCUT2D eigenvalue weighted by Gasteiger charge is -2.21. The standard InChI is InChI=1S/C14H20O5/c1-10(8-16-2)19-9-12(15)11-3-4-13-14(7-11)18-6-5-17-13/h3-4,7,10,12,15H,5-6,8-9H2,1-2H3. The van der Waals surface area contributed by atoms with Crippen molar-refractivity contribution in [2.24, 2.45) is 0 Å². The highest BCUT2D eigenvalue weighted by Crippen LogP contribution is 2.32. The minimum Gasteiger partial charge on any atom is -0.486 e. The number of rotatable bonds is 6. The number of aliphatic hydroxyl groups excluding tert-OH is 1. The third-order valence-electron chi connectivity index (χ3n) is 2.89. The normalized spacial score (nSPS) is 17.0. The number of aliphatic hydroxyl groups is 1. The molecule has 0 bridgehead atoms. The fourth-order valence-electron chi connectivity index (χ4n) is 1.90. The molecule has 0 fully saturated rings. The molecular weight excluding hydrogens is 248 g/mol. The SMILES string of the molecule is COCC(C)OCC(O)c1ccc2c(c1)OCCO2. The quantitative estimate of drug-likeness (QED) is 0.848. The number of benzene rings is 1. The van der Waals surface area contributed by atoms with E-state index in [-0.39, 0.29) is 12.7 Å². The summed E-state index contributed by atoms with van der Waals surface area (Å²) in [6.45, 7) is 3.73. The van der Waals surface area contributed by atoms with Crippen molar-refractivity contribution in [1.29, 1.82) is 0 Å². The highest BCUT2D eigenvalue weighted by molar-refractivity contribution is 5.44. The van der Waals surface area contributed by atoms with Crippen molar-refractivity contribution in [2.75, 3.05) is 33.5 Å². The molecule has 1 aromatic carbocycles. The molecule has 1 aliphatic rings. The Bertz CT molecular complexity index is 407. The molecule has 0 amide bonds. The van der Waals surface area contributed by atoms with E-state index in [9.17, 15) is 5.11 Å². The molecule has 0 spiro atoms. The van der Waals surface area contributed by atoms with E-state index in [1.807, 2.05) is 19.1 Å². The fourth-order valence-corrected chi connectivity index (χ4v) is 1.90. The molecule has 106 valence electrons. The van der Waals surface area contributed by atoms with Gasteiger partial charge in [0, 0.05) is 7.11 Å². The Kier molecular flexibility index (Phi) is 5.01. The average molecular weight is 268 g/mol. The zero-order valence-corrected chi connectivity index (χ0v) is 11.3. The average Bonchev–Trinajstić information content (AvgIpc) is 2.44. The Labute approximate surface area is 113 Å². The minimum absolute atomic E-state index is 0.0446. The van der Waals surface area contributed by atoms with Gasteiger partial charge in [0.15, 0.2) is 11.5 Å². The molecular formula is C14H20O5. The summed E-state index contributed by atoms with van der Waals surface area (Å²) in [5.74, 6) is 1.39. The molecule has 1 aliphatic heterocycles. The highest BCUT2D eigenvalue weighted by Gasteiger charge is 2.16. The summed E-state index contributed by atoms with van der Waals surface area (Å²) in [6, 6.07) is 5.43. The monoisotopic (exact) mass is 268 g/mol. The van der Waals surface area contributed by atoms with E-state index in [4.69, 9.17) is 18.9 Å². The summed E-state index contributed by atoms with van der Waals surface area (Å²) in [7, 11) is 1.62. The van der Waals surface area contributed by atoms with Crippen LogP contribution in [0.4, 0.5) is 0 Å². The van der Waals surface area contributed by atoms with Crippen LogP contribution in [0.15, 0.2) is 18.2 Å². The molecule has 2 rings (SSSR count).